The SMILES string of the molecule is CC.COC(=O)c1ccc([N+](C)(C)C)c(C#N)c1. The van der Waals surface area contributed by atoms with Gasteiger partial charge >= 0.3 is 5.97 Å². The maximum atomic E-state index is 11.3. The average Bonchev–Trinajstić information content (AvgIpc) is 2.38. The van der Waals surface area contributed by atoms with Gasteiger partial charge in [-0.2, -0.15) is 5.26 Å². The van der Waals surface area contributed by atoms with Crippen LogP contribution in [0.15, 0.2) is 18.2 Å². The lowest BCUT2D eigenvalue weighted by molar-refractivity contribution is 0.0600. The first-order valence-corrected chi connectivity index (χ1v) is 5.84. The van der Waals surface area contributed by atoms with Crippen molar-refractivity contribution in [1.29, 1.82) is 5.26 Å². The first-order valence-electron chi connectivity index (χ1n) is 5.84. The summed E-state index contributed by atoms with van der Waals surface area (Å²) in [4.78, 5) is 11.3. The van der Waals surface area contributed by atoms with Gasteiger partial charge in [0.05, 0.1) is 33.8 Å². The lowest BCUT2D eigenvalue weighted by Gasteiger charge is -2.24. The molecule has 0 amide bonds. The Bertz CT molecular complexity index is 454. The third-order valence-electron chi connectivity index (χ3n) is 2.26. The van der Waals surface area contributed by atoms with Gasteiger partial charge in [0.2, 0.25) is 0 Å². The van der Waals surface area contributed by atoms with E-state index < -0.39 is 5.97 Å². The van der Waals surface area contributed by atoms with Crippen molar-refractivity contribution in [2.75, 3.05) is 28.3 Å². The molecule has 1 aromatic carbocycles. The number of methoxy groups -OCH3 is 1. The van der Waals surface area contributed by atoms with Crippen molar-refractivity contribution in [2.24, 2.45) is 0 Å². The lowest BCUT2D eigenvalue weighted by atomic mass is 10.1. The maximum Gasteiger partial charge on any atom is 0.337 e. The lowest BCUT2D eigenvalue weighted by Crippen LogP contribution is -2.35. The summed E-state index contributed by atoms with van der Waals surface area (Å²) in [6, 6.07) is 7.11. The molecule has 4 heteroatoms. The molecule has 0 atom stereocenters. The Morgan fingerprint density at radius 3 is 2.22 bits per heavy atom. The zero-order valence-electron chi connectivity index (χ0n) is 11.9. The van der Waals surface area contributed by atoms with Crippen LogP contribution in [0.5, 0.6) is 0 Å². The number of carbonyl (C=O) groups is 1. The van der Waals surface area contributed by atoms with Crippen molar-refractivity contribution in [1.82, 2.24) is 4.48 Å². The number of ether oxygens (including phenoxy) is 1. The Balaban J connectivity index is 0.00000137. The van der Waals surface area contributed by atoms with Gasteiger partial charge in [0.1, 0.15) is 17.3 Å². The number of hydrogen-bond acceptors (Lipinski definition) is 3. The van der Waals surface area contributed by atoms with Crippen LogP contribution in [0.25, 0.3) is 0 Å². The molecule has 1 rings (SSSR count). The second kappa shape index (κ2) is 6.77. The number of esters is 1. The molecule has 0 aromatic heterocycles. The molecule has 0 spiro atoms. The van der Waals surface area contributed by atoms with Crippen LogP contribution >= 0.6 is 0 Å². The van der Waals surface area contributed by atoms with Gasteiger partial charge in [0, 0.05) is 6.07 Å². The van der Waals surface area contributed by atoms with Crippen LogP contribution in [0.3, 0.4) is 0 Å². The Kier molecular flexibility index (Phi) is 6.07. The molecular formula is C14H21N2O2+. The Labute approximate surface area is 109 Å². The van der Waals surface area contributed by atoms with E-state index in [4.69, 9.17) is 5.26 Å². The van der Waals surface area contributed by atoms with Crippen molar-refractivity contribution in [3.05, 3.63) is 29.3 Å². The molecule has 0 unspecified atom stereocenters. The predicted octanol–water partition coefficient (Wildman–Crippen LogP) is 2.57. The number of carbonyl (C=O) groups excluding carboxylic acids is 1. The second-order valence-electron chi connectivity index (χ2n) is 4.35. The molecule has 98 valence electrons. The summed E-state index contributed by atoms with van der Waals surface area (Å²) in [7, 11) is 7.22. The highest BCUT2D eigenvalue weighted by molar-refractivity contribution is 5.90. The molecule has 0 heterocycles. The van der Waals surface area contributed by atoms with Gasteiger partial charge < -0.3 is 4.74 Å². The van der Waals surface area contributed by atoms with Crippen LogP contribution in [-0.2, 0) is 4.74 Å². The van der Waals surface area contributed by atoms with E-state index in [1.807, 2.05) is 35.0 Å². The van der Waals surface area contributed by atoms with Crippen molar-refractivity contribution in [3.63, 3.8) is 0 Å². The molecule has 0 fully saturated rings. The van der Waals surface area contributed by atoms with Crippen LogP contribution in [0.1, 0.15) is 29.8 Å². The fourth-order valence-corrected chi connectivity index (χ4v) is 1.46. The molecule has 1 aromatic rings. The van der Waals surface area contributed by atoms with Crippen LogP contribution in [0.4, 0.5) is 5.69 Å². The molecule has 0 radical (unpaired) electrons. The molecule has 0 saturated carbocycles. The summed E-state index contributed by atoms with van der Waals surface area (Å²) >= 11 is 0. The predicted molar refractivity (Wildman–Crippen MR) is 73.4 cm³/mol. The maximum absolute atomic E-state index is 11.3. The molecule has 0 saturated heterocycles. The fourth-order valence-electron chi connectivity index (χ4n) is 1.46. The van der Waals surface area contributed by atoms with E-state index >= 15 is 0 Å². The fraction of sp³-hybridized carbons (Fsp3) is 0.429. The minimum Gasteiger partial charge on any atom is -0.465 e. The first-order chi connectivity index (χ1) is 8.40. The third kappa shape index (κ3) is 3.86. The molecule has 0 aliphatic rings. The Morgan fingerprint density at radius 2 is 1.83 bits per heavy atom. The van der Waals surface area contributed by atoms with Gasteiger partial charge in [-0.1, -0.05) is 13.8 Å². The second-order valence-corrected chi connectivity index (χ2v) is 4.35. The largest absolute Gasteiger partial charge is 0.465 e. The summed E-state index contributed by atoms with van der Waals surface area (Å²) in [6.07, 6.45) is 0. The zero-order chi connectivity index (χ0) is 14.3. The van der Waals surface area contributed by atoms with Crippen molar-refractivity contribution in [3.8, 4) is 6.07 Å². The van der Waals surface area contributed by atoms with Crippen molar-refractivity contribution >= 4 is 11.7 Å². The van der Waals surface area contributed by atoms with Gasteiger partial charge in [0.25, 0.3) is 0 Å². The highest BCUT2D eigenvalue weighted by Gasteiger charge is 2.19. The number of benzene rings is 1. The quantitative estimate of drug-likeness (QED) is 0.598. The Hall–Kier alpha value is -1.86. The summed E-state index contributed by atoms with van der Waals surface area (Å²) < 4.78 is 5.14. The van der Waals surface area contributed by atoms with E-state index in [2.05, 4.69) is 10.8 Å². The van der Waals surface area contributed by atoms with Crippen LogP contribution in [-0.4, -0.2) is 34.2 Å². The highest BCUT2D eigenvalue weighted by Crippen LogP contribution is 2.23. The van der Waals surface area contributed by atoms with Gasteiger partial charge in [0.15, 0.2) is 0 Å². The molecule has 0 N–H and O–H groups in total. The van der Waals surface area contributed by atoms with E-state index in [0.717, 1.165) is 5.69 Å². The van der Waals surface area contributed by atoms with Crippen molar-refractivity contribution in [2.45, 2.75) is 13.8 Å². The molecule has 0 aliphatic carbocycles. The number of nitrogens with zero attached hydrogens (tertiary/aromatic N) is 2. The topological polar surface area (TPSA) is 50.1 Å². The first kappa shape index (κ1) is 16.1. The summed E-state index contributed by atoms with van der Waals surface area (Å²) in [5.41, 5.74) is 1.77. The van der Waals surface area contributed by atoms with Crippen LogP contribution in [0.2, 0.25) is 0 Å². The van der Waals surface area contributed by atoms with Gasteiger partial charge in [-0.25, -0.2) is 4.79 Å². The normalized spacial score (nSPS) is 9.83. The van der Waals surface area contributed by atoms with Gasteiger partial charge in [-0.3, -0.25) is 4.48 Å². The smallest absolute Gasteiger partial charge is 0.337 e. The van der Waals surface area contributed by atoms with E-state index in [1.165, 1.54) is 7.11 Å². The van der Waals surface area contributed by atoms with Gasteiger partial charge in [-0.05, 0) is 12.1 Å². The van der Waals surface area contributed by atoms with Crippen LogP contribution < -0.4 is 4.48 Å². The molecular weight excluding hydrogens is 228 g/mol. The Morgan fingerprint density at radius 1 is 1.28 bits per heavy atom. The number of nitriles is 1. The average molecular weight is 249 g/mol. The number of hydrogen-bond donors (Lipinski definition) is 0. The minimum absolute atomic E-state index is 0.399. The van der Waals surface area contributed by atoms with Crippen molar-refractivity contribution < 1.29 is 9.53 Å². The minimum atomic E-state index is -0.426. The van der Waals surface area contributed by atoms with E-state index in [0.29, 0.717) is 15.6 Å². The number of quaternary nitrogens is 1. The number of rotatable bonds is 2. The monoisotopic (exact) mass is 249 g/mol. The third-order valence-corrected chi connectivity index (χ3v) is 2.26. The van der Waals surface area contributed by atoms with Gasteiger partial charge in [-0.15, -0.1) is 0 Å². The van der Waals surface area contributed by atoms with E-state index in [-0.39, 0.29) is 0 Å². The van der Waals surface area contributed by atoms with E-state index in [1.54, 1.807) is 18.2 Å². The zero-order valence-corrected chi connectivity index (χ0v) is 11.9. The standard InChI is InChI=1S/C12H15N2O2.C2H6/c1-14(2,3)11-6-5-9(12(15)16-4)7-10(11)8-13;1-2/h5-7H,1-4H3;1-2H3/q+1;. The molecule has 0 aliphatic heterocycles. The summed E-state index contributed by atoms with van der Waals surface area (Å²) in [5.74, 6) is -0.426. The molecule has 18 heavy (non-hydrogen) atoms. The molecule has 0 bridgehead atoms. The summed E-state index contributed by atoms with van der Waals surface area (Å²) in [5, 5.41) is 9.05. The summed E-state index contributed by atoms with van der Waals surface area (Å²) in [6.45, 7) is 4.00. The van der Waals surface area contributed by atoms with E-state index in [9.17, 15) is 4.79 Å². The highest BCUT2D eigenvalue weighted by atomic mass is 16.5. The van der Waals surface area contributed by atoms with Crippen LogP contribution in [0, 0.1) is 11.3 Å². The molecule has 4 nitrogen and oxygen atoms in total.